The van der Waals surface area contributed by atoms with Crippen LogP contribution in [0.3, 0.4) is 0 Å². The molecule has 0 unspecified atom stereocenters. The van der Waals surface area contributed by atoms with Gasteiger partial charge >= 0.3 is 18.0 Å². The molecule has 0 bridgehead atoms. The molecule has 2 aliphatic carbocycles. The fraction of sp³-hybridized carbons (Fsp3) is 0.500. The summed E-state index contributed by atoms with van der Waals surface area (Å²) in [4.78, 5) is 59.7. The molecule has 2 saturated heterocycles. The number of urea groups is 2. The van der Waals surface area contributed by atoms with Crippen molar-refractivity contribution in [3.63, 3.8) is 0 Å². The van der Waals surface area contributed by atoms with Gasteiger partial charge in [-0.25, -0.2) is 28.9 Å². The van der Waals surface area contributed by atoms with Crippen LogP contribution in [0.2, 0.25) is 0 Å². The molecule has 6 heterocycles. The van der Waals surface area contributed by atoms with Crippen LogP contribution in [0.1, 0.15) is 70.4 Å². The van der Waals surface area contributed by atoms with Gasteiger partial charge in [0, 0.05) is 69.4 Å². The van der Waals surface area contributed by atoms with Gasteiger partial charge in [0.1, 0.15) is 0 Å². The van der Waals surface area contributed by atoms with Gasteiger partial charge in [0.15, 0.2) is 11.3 Å². The summed E-state index contributed by atoms with van der Waals surface area (Å²) in [7, 11) is 3.16. The number of morpholine rings is 2. The third kappa shape index (κ3) is 11.3. The standard InChI is InChI=1S/C26H33N7O4.C24H31N7O3/c1-3-37-24(34)18-6-10-20(11-7-18)33-23-21(16-28-33)22(30-25(31-23)32-12-14-36-15-13-32)17-4-8-19(9-5-17)29-26(35)27-2;1-25-24(33)27-18-6-4-17(5-7-18)21-20-14-26-31(19-8-2-16(15-32)3-9-19)22(20)29-23(28-21)30-10-12-34-13-11-30/h4-5,8-9,16,18,20H,3,6-7,10-15H2,1-2H3,(H2,27,29,35);4-7,14,16,19,32H,2-3,8-13,15H2,1H3,(H2,25,27,33). The van der Waals surface area contributed by atoms with E-state index in [-0.39, 0.29) is 42.6 Å². The number of anilines is 4. The van der Waals surface area contributed by atoms with E-state index < -0.39 is 0 Å². The van der Waals surface area contributed by atoms with E-state index in [1.54, 1.807) is 14.1 Å². The van der Waals surface area contributed by atoms with Crippen molar-refractivity contribution >= 4 is 63.4 Å². The predicted molar refractivity (Wildman–Crippen MR) is 269 cm³/mol. The maximum atomic E-state index is 12.2. The van der Waals surface area contributed by atoms with Crippen molar-refractivity contribution in [1.29, 1.82) is 0 Å². The second-order valence-electron chi connectivity index (χ2n) is 18.3. The van der Waals surface area contributed by atoms with E-state index in [9.17, 15) is 19.5 Å². The van der Waals surface area contributed by atoms with Crippen LogP contribution in [0.5, 0.6) is 0 Å². The minimum absolute atomic E-state index is 0.0472. The number of nitrogens with zero attached hydrogens (tertiary/aromatic N) is 10. The van der Waals surface area contributed by atoms with Crippen LogP contribution in [0.25, 0.3) is 44.6 Å². The van der Waals surface area contributed by atoms with E-state index in [0.717, 1.165) is 122 Å². The summed E-state index contributed by atoms with van der Waals surface area (Å²) in [5.74, 6) is 1.58. The van der Waals surface area contributed by atoms with Crippen molar-refractivity contribution in [2.24, 2.45) is 11.8 Å². The largest absolute Gasteiger partial charge is 0.466 e. The molecule has 21 nitrogen and oxygen atoms in total. The molecule has 71 heavy (non-hydrogen) atoms. The zero-order valence-electron chi connectivity index (χ0n) is 40.7. The summed E-state index contributed by atoms with van der Waals surface area (Å²) in [6.45, 7) is 8.02. The van der Waals surface area contributed by atoms with Crippen LogP contribution in [0.4, 0.5) is 32.9 Å². The zero-order chi connectivity index (χ0) is 49.3. The molecule has 4 aliphatic rings. The highest BCUT2D eigenvalue weighted by atomic mass is 16.5. The summed E-state index contributed by atoms with van der Waals surface area (Å²) >= 11 is 0. The number of aliphatic hydroxyl groups is 1. The summed E-state index contributed by atoms with van der Waals surface area (Å²) in [6, 6.07) is 15.1. The molecule has 2 saturated carbocycles. The fourth-order valence-electron chi connectivity index (χ4n) is 9.81. The number of ether oxygens (including phenoxy) is 3. The molecule has 10 rings (SSSR count). The Bertz CT molecular complexity index is 2760. The molecule has 4 aromatic heterocycles. The number of carbonyl (C=O) groups is 3. The predicted octanol–water partition coefficient (Wildman–Crippen LogP) is 6.18. The number of amides is 4. The average molecular weight is 973 g/mol. The molecule has 376 valence electrons. The SMILES string of the molecule is CCOC(=O)C1CCC(n2ncc3c(-c4ccc(NC(=O)NC)cc4)nc(N4CCOCC4)nc32)CC1.CNC(=O)Nc1ccc(-c2nc(N3CCOCC3)nc3c2cnn3C2CCC(CO)CC2)cc1. The van der Waals surface area contributed by atoms with Gasteiger partial charge in [-0.05, 0) is 88.5 Å². The second-order valence-corrected chi connectivity index (χ2v) is 18.3. The topological polar surface area (TPSA) is 241 Å². The average Bonchev–Trinajstić information content (AvgIpc) is 4.07. The Morgan fingerprint density at radius 1 is 0.620 bits per heavy atom. The Kier molecular flexibility index (Phi) is 15.8. The van der Waals surface area contributed by atoms with Crippen LogP contribution in [0.15, 0.2) is 60.9 Å². The molecule has 4 amide bonds. The lowest BCUT2D eigenvalue weighted by atomic mass is 9.86. The number of hydrogen-bond donors (Lipinski definition) is 5. The number of aliphatic hydroxyl groups excluding tert-OH is 1. The highest BCUT2D eigenvalue weighted by Crippen LogP contribution is 2.38. The summed E-state index contributed by atoms with van der Waals surface area (Å²) in [5, 5.41) is 31.5. The minimum atomic E-state index is -0.272. The lowest BCUT2D eigenvalue weighted by Crippen LogP contribution is -2.37. The van der Waals surface area contributed by atoms with Crippen molar-refractivity contribution in [1.82, 2.24) is 50.1 Å². The maximum absolute atomic E-state index is 12.2. The van der Waals surface area contributed by atoms with E-state index in [4.69, 9.17) is 44.3 Å². The molecular formula is C50H64N14O7. The molecule has 2 aliphatic heterocycles. The summed E-state index contributed by atoms with van der Waals surface area (Å²) in [5.41, 5.74) is 6.50. The first-order valence-corrected chi connectivity index (χ1v) is 24.8. The Hall–Kier alpha value is -6.97. The van der Waals surface area contributed by atoms with E-state index in [1.807, 2.05) is 72.5 Å². The second kappa shape index (κ2) is 22.8. The molecule has 0 radical (unpaired) electrons. The lowest BCUT2D eigenvalue weighted by Gasteiger charge is -2.29. The van der Waals surface area contributed by atoms with Crippen LogP contribution in [-0.4, -0.2) is 143 Å². The van der Waals surface area contributed by atoms with Crippen LogP contribution in [-0.2, 0) is 19.0 Å². The Morgan fingerprint density at radius 3 is 1.44 bits per heavy atom. The third-order valence-electron chi connectivity index (χ3n) is 13.8. The van der Waals surface area contributed by atoms with Crippen molar-refractivity contribution in [2.45, 2.75) is 70.4 Å². The minimum Gasteiger partial charge on any atom is -0.466 e. The Balaban J connectivity index is 0.000000176. The number of aromatic nitrogens is 8. The molecule has 4 fully saturated rings. The molecule has 0 spiro atoms. The van der Waals surface area contributed by atoms with Gasteiger partial charge in [0.25, 0.3) is 0 Å². The quantitative estimate of drug-likeness (QED) is 0.0911. The van der Waals surface area contributed by atoms with Crippen molar-refractivity contribution < 1.29 is 33.7 Å². The molecule has 5 N–H and O–H groups in total. The van der Waals surface area contributed by atoms with Gasteiger partial charge in [-0.2, -0.15) is 20.2 Å². The first-order chi connectivity index (χ1) is 34.7. The van der Waals surface area contributed by atoms with Gasteiger partial charge < -0.3 is 50.4 Å². The van der Waals surface area contributed by atoms with Crippen molar-refractivity contribution in [3.05, 3.63) is 60.9 Å². The van der Waals surface area contributed by atoms with Gasteiger partial charge in [-0.1, -0.05) is 24.3 Å². The van der Waals surface area contributed by atoms with E-state index in [1.165, 1.54) is 0 Å². The number of fused-ring (bicyclic) bond motifs is 2. The van der Waals surface area contributed by atoms with Crippen LogP contribution < -0.4 is 31.1 Å². The first kappa shape index (κ1) is 49.0. The molecule has 0 atom stereocenters. The number of benzene rings is 2. The van der Waals surface area contributed by atoms with Gasteiger partial charge in [0.2, 0.25) is 11.9 Å². The molecule has 2 aromatic carbocycles. The number of esters is 1. The van der Waals surface area contributed by atoms with Gasteiger partial charge in [0.05, 0.1) is 85.6 Å². The molecule has 6 aromatic rings. The van der Waals surface area contributed by atoms with Gasteiger partial charge in [-0.3, -0.25) is 4.79 Å². The maximum Gasteiger partial charge on any atom is 0.318 e. The van der Waals surface area contributed by atoms with E-state index in [0.29, 0.717) is 62.2 Å². The fourth-order valence-corrected chi connectivity index (χ4v) is 9.81. The van der Waals surface area contributed by atoms with E-state index in [2.05, 4.69) is 35.7 Å². The van der Waals surface area contributed by atoms with Crippen molar-refractivity contribution in [2.75, 3.05) is 100 Å². The zero-order valence-corrected chi connectivity index (χ0v) is 40.7. The monoisotopic (exact) mass is 973 g/mol. The number of carbonyl (C=O) groups excluding carboxylic acids is 3. The number of nitrogens with one attached hydrogen (secondary N) is 4. The highest BCUT2D eigenvalue weighted by Gasteiger charge is 2.31. The van der Waals surface area contributed by atoms with Gasteiger partial charge in [-0.15, -0.1) is 0 Å². The normalized spacial score (nSPS) is 20.5. The van der Waals surface area contributed by atoms with Crippen LogP contribution >= 0.6 is 0 Å². The van der Waals surface area contributed by atoms with Crippen molar-refractivity contribution in [3.8, 4) is 22.5 Å². The number of hydrogen-bond acceptors (Lipinski definition) is 15. The lowest BCUT2D eigenvalue weighted by molar-refractivity contribution is -0.149. The molecule has 21 heteroatoms. The summed E-state index contributed by atoms with van der Waals surface area (Å²) in [6.07, 6.45) is 10.9. The smallest absolute Gasteiger partial charge is 0.318 e. The van der Waals surface area contributed by atoms with Crippen LogP contribution in [0, 0.1) is 11.8 Å². The Morgan fingerprint density at radius 2 is 1.04 bits per heavy atom. The summed E-state index contributed by atoms with van der Waals surface area (Å²) < 4.78 is 20.4. The molecular weight excluding hydrogens is 909 g/mol. The highest BCUT2D eigenvalue weighted by molar-refractivity contribution is 5.94. The Labute approximate surface area is 412 Å². The third-order valence-corrected chi connectivity index (χ3v) is 13.8. The first-order valence-electron chi connectivity index (χ1n) is 24.8. The van der Waals surface area contributed by atoms with E-state index >= 15 is 0 Å². The number of rotatable bonds is 11.